The molecule has 0 aromatic heterocycles. The van der Waals surface area contributed by atoms with Crippen LogP contribution in [0.5, 0.6) is 0 Å². The molecule has 1 amide bonds. The van der Waals surface area contributed by atoms with E-state index in [1.165, 1.54) is 12.8 Å². The number of amides is 1. The van der Waals surface area contributed by atoms with Gasteiger partial charge in [-0.3, -0.25) is 4.79 Å². The minimum Gasteiger partial charge on any atom is -0.341 e. The van der Waals surface area contributed by atoms with Gasteiger partial charge in [-0.2, -0.15) is 0 Å². The number of carbonyl (C=O) groups excluding carboxylic acids is 1. The van der Waals surface area contributed by atoms with E-state index < -0.39 is 0 Å². The van der Waals surface area contributed by atoms with Crippen molar-refractivity contribution in [3.63, 3.8) is 0 Å². The lowest BCUT2D eigenvalue weighted by Gasteiger charge is -2.30. The molecule has 1 N–H and O–H groups in total. The standard InChI is InChI=1S/C17H22Cl2N2O.ClH/c1-21(10-12-4-13(18)9-14(19)5-12)17(22)8-11-6-15-2-3-16(7-11)20-15;/h4-5,9,11,15-16,20H,2-3,6-8,10H2,1H3;1H. The minimum absolute atomic E-state index is 0. The van der Waals surface area contributed by atoms with Crippen molar-refractivity contribution in [3.8, 4) is 0 Å². The minimum atomic E-state index is 0. The first-order chi connectivity index (χ1) is 10.5. The molecule has 0 saturated carbocycles. The first-order valence-electron chi connectivity index (χ1n) is 7.94. The fourth-order valence-electron chi connectivity index (χ4n) is 3.81. The van der Waals surface area contributed by atoms with Crippen LogP contribution >= 0.6 is 35.6 Å². The predicted octanol–water partition coefficient (Wildman–Crippen LogP) is 4.29. The van der Waals surface area contributed by atoms with Crippen LogP contribution in [0.4, 0.5) is 0 Å². The molecule has 0 aliphatic carbocycles. The number of hydrogen-bond donors (Lipinski definition) is 1. The second-order valence-electron chi connectivity index (χ2n) is 6.71. The fraction of sp³-hybridized carbons (Fsp3) is 0.588. The van der Waals surface area contributed by atoms with Gasteiger partial charge in [0.15, 0.2) is 0 Å². The molecule has 2 atom stereocenters. The molecule has 2 bridgehead atoms. The molecule has 0 radical (unpaired) electrons. The molecule has 2 aliphatic heterocycles. The van der Waals surface area contributed by atoms with Crippen molar-refractivity contribution < 1.29 is 4.79 Å². The normalized spacial score (nSPS) is 25.8. The Balaban J connectivity index is 0.00000192. The summed E-state index contributed by atoms with van der Waals surface area (Å²) in [5.74, 6) is 0.735. The molecular weight excluding hydrogens is 355 g/mol. The Morgan fingerprint density at radius 3 is 2.30 bits per heavy atom. The molecule has 2 unspecified atom stereocenters. The molecule has 23 heavy (non-hydrogen) atoms. The summed E-state index contributed by atoms with van der Waals surface area (Å²) in [6.45, 7) is 0.553. The number of piperidine rings is 1. The Morgan fingerprint density at radius 1 is 1.17 bits per heavy atom. The predicted molar refractivity (Wildman–Crippen MR) is 97.5 cm³/mol. The summed E-state index contributed by atoms with van der Waals surface area (Å²) in [7, 11) is 1.85. The van der Waals surface area contributed by atoms with Gasteiger partial charge in [-0.1, -0.05) is 23.2 Å². The van der Waals surface area contributed by atoms with Gasteiger partial charge in [0.1, 0.15) is 0 Å². The Morgan fingerprint density at radius 2 is 1.74 bits per heavy atom. The zero-order valence-electron chi connectivity index (χ0n) is 13.2. The van der Waals surface area contributed by atoms with Gasteiger partial charge in [-0.25, -0.2) is 0 Å². The number of rotatable bonds is 4. The van der Waals surface area contributed by atoms with Gasteiger partial charge in [-0.05, 0) is 55.4 Å². The lowest BCUT2D eigenvalue weighted by molar-refractivity contribution is -0.131. The zero-order chi connectivity index (χ0) is 15.7. The van der Waals surface area contributed by atoms with E-state index in [0.29, 0.717) is 41.0 Å². The van der Waals surface area contributed by atoms with Crippen molar-refractivity contribution in [1.29, 1.82) is 0 Å². The average molecular weight is 378 g/mol. The third-order valence-corrected chi connectivity index (χ3v) is 5.24. The summed E-state index contributed by atoms with van der Waals surface area (Å²) in [5.41, 5.74) is 0.971. The summed E-state index contributed by atoms with van der Waals surface area (Å²) in [5, 5.41) is 4.84. The van der Waals surface area contributed by atoms with Crippen LogP contribution in [-0.2, 0) is 11.3 Å². The van der Waals surface area contributed by atoms with Crippen molar-refractivity contribution in [2.45, 2.75) is 50.7 Å². The van der Waals surface area contributed by atoms with E-state index in [0.717, 1.165) is 18.4 Å². The highest BCUT2D eigenvalue weighted by Gasteiger charge is 2.34. The molecule has 1 aromatic rings. The van der Waals surface area contributed by atoms with Crippen LogP contribution in [-0.4, -0.2) is 29.9 Å². The van der Waals surface area contributed by atoms with Gasteiger partial charge in [-0.15, -0.1) is 12.4 Å². The Hall–Kier alpha value is -0.480. The molecule has 3 nitrogen and oxygen atoms in total. The Kier molecular flexibility index (Phi) is 6.61. The smallest absolute Gasteiger partial charge is 0.222 e. The van der Waals surface area contributed by atoms with Crippen LogP contribution in [0.25, 0.3) is 0 Å². The molecule has 3 rings (SSSR count). The largest absolute Gasteiger partial charge is 0.341 e. The summed E-state index contributed by atoms with van der Waals surface area (Å²) in [4.78, 5) is 14.2. The van der Waals surface area contributed by atoms with Gasteiger partial charge in [0.25, 0.3) is 0 Å². The first-order valence-corrected chi connectivity index (χ1v) is 8.70. The van der Waals surface area contributed by atoms with Gasteiger partial charge in [0.05, 0.1) is 0 Å². The topological polar surface area (TPSA) is 32.3 Å². The number of nitrogens with zero attached hydrogens (tertiary/aromatic N) is 1. The third-order valence-electron chi connectivity index (χ3n) is 4.80. The van der Waals surface area contributed by atoms with Crippen LogP contribution in [0.1, 0.15) is 37.7 Å². The number of hydrogen-bond acceptors (Lipinski definition) is 2. The van der Waals surface area contributed by atoms with E-state index in [1.807, 2.05) is 19.2 Å². The van der Waals surface area contributed by atoms with E-state index >= 15 is 0 Å². The van der Waals surface area contributed by atoms with Crippen molar-refractivity contribution >= 4 is 41.5 Å². The van der Waals surface area contributed by atoms with E-state index in [9.17, 15) is 4.79 Å². The number of benzene rings is 1. The van der Waals surface area contributed by atoms with E-state index in [1.54, 1.807) is 11.0 Å². The van der Waals surface area contributed by atoms with Crippen molar-refractivity contribution in [2.24, 2.45) is 5.92 Å². The summed E-state index contributed by atoms with van der Waals surface area (Å²) in [6, 6.07) is 6.70. The zero-order valence-corrected chi connectivity index (χ0v) is 15.6. The number of nitrogens with one attached hydrogen (secondary N) is 1. The van der Waals surface area contributed by atoms with Crippen molar-refractivity contribution in [3.05, 3.63) is 33.8 Å². The van der Waals surface area contributed by atoms with Gasteiger partial charge in [0.2, 0.25) is 5.91 Å². The molecular formula is C17H23Cl3N2O. The van der Waals surface area contributed by atoms with Gasteiger partial charge >= 0.3 is 0 Å². The quantitative estimate of drug-likeness (QED) is 0.848. The second kappa shape index (κ2) is 8.06. The van der Waals surface area contributed by atoms with Gasteiger partial charge in [0, 0.05) is 42.1 Å². The Bertz CT molecular complexity index is 535. The highest BCUT2D eigenvalue weighted by Crippen LogP contribution is 2.33. The number of halogens is 3. The highest BCUT2D eigenvalue weighted by molar-refractivity contribution is 6.34. The lowest BCUT2D eigenvalue weighted by atomic mass is 9.89. The fourth-order valence-corrected chi connectivity index (χ4v) is 4.38. The average Bonchev–Trinajstić information content (AvgIpc) is 2.76. The number of carbonyl (C=O) groups is 1. The lowest BCUT2D eigenvalue weighted by Crippen LogP contribution is -2.39. The first kappa shape index (κ1) is 18.9. The van der Waals surface area contributed by atoms with Gasteiger partial charge < -0.3 is 10.2 Å². The van der Waals surface area contributed by atoms with E-state index in [-0.39, 0.29) is 18.3 Å². The van der Waals surface area contributed by atoms with Crippen LogP contribution < -0.4 is 5.32 Å². The highest BCUT2D eigenvalue weighted by atomic mass is 35.5. The summed E-state index contributed by atoms with van der Waals surface area (Å²) in [6.07, 6.45) is 5.47. The van der Waals surface area contributed by atoms with E-state index in [4.69, 9.17) is 23.2 Å². The molecule has 1 aromatic carbocycles. The monoisotopic (exact) mass is 376 g/mol. The number of fused-ring (bicyclic) bond motifs is 2. The molecule has 0 spiro atoms. The van der Waals surface area contributed by atoms with E-state index in [2.05, 4.69) is 5.32 Å². The maximum absolute atomic E-state index is 12.5. The Labute approximate surface area is 154 Å². The van der Waals surface area contributed by atoms with Crippen LogP contribution in [0.15, 0.2) is 18.2 Å². The molecule has 2 aliphatic rings. The molecule has 6 heteroatoms. The van der Waals surface area contributed by atoms with Crippen LogP contribution in [0.3, 0.4) is 0 Å². The summed E-state index contributed by atoms with van der Waals surface area (Å²) >= 11 is 12.0. The molecule has 2 heterocycles. The summed E-state index contributed by atoms with van der Waals surface area (Å²) < 4.78 is 0. The van der Waals surface area contributed by atoms with Crippen molar-refractivity contribution in [2.75, 3.05) is 7.05 Å². The maximum atomic E-state index is 12.5. The second-order valence-corrected chi connectivity index (χ2v) is 7.58. The van der Waals surface area contributed by atoms with Crippen LogP contribution in [0, 0.1) is 5.92 Å². The van der Waals surface area contributed by atoms with Crippen LogP contribution in [0.2, 0.25) is 10.0 Å². The molecule has 128 valence electrons. The van der Waals surface area contributed by atoms with Crippen molar-refractivity contribution in [1.82, 2.24) is 10.2 Å². The molecule has 2 fully saturated rings. The molecule has 2 saturated heterocycles. The maximum Gasteiger partial charge on any atom is 0.222 e. The SMILES string of the molecule is CN(Cc1cc(Cl)cc(Cl)c1)C(=O)CC1CC2CCC(C1)N2.Cl. The third kappa shape index (κ3) is 4.99.